The number of para-hydroxylation sites is 1. The molecule has 1 heterocycles. The molecule has 0 fully saturated rings. The molecule has 2 N–H and O–H groups in total. The smallest absolute Gasteiger partial charge is 0.326 e. The maximum atomic E-state index is 12.2. The largest absolute Gasteiger partial charge is 0.493 e. The normalized spacial score (nSPS) is 14.5. The van der Waals surface area contributed by atoms with E-state index in [1.54, 1.807) is 45.2 Å². The third-order valence-corrected chi connectivity index (χ3v) is 3.44. The van der Waals surface area contributed by atoms with E-state index in [2.05, 4.69) is 5.32 Å². The van der Waals surface area contributed by atoms with Gasteiger partial charge in [-0.15, -0.1) is 0 Å². The molecule has 0 radical (unpaired) electrons. The van der Waals surface area contributed by atoms with Gasteiger partial charge in [0.25, 0.3) is 5.91 Å². The molecule has 1 amide bonds. The van der Waals surface area contributed by atoms with Gasteiger partial charge in [0.15, 0.2) is 11.5 Å². The Hall–Kier alpha value is -2.50. The number of rotatable bonds is 5. The maximum absolute atomic E-state index is 12.2. The molecule has 22 heavy (non-hydrogen) atoms. The van der Waals surface area contributed by atoms with Gasteiger partial charge < -0.3 is 19.9 Å². The van der Waals surface area contributed by atoms with Crippen LogP contribution in [0.1, 0.15) is 19.4 Å². The highest BCUT2D eigenvalue weighted by atomic mass is 16.5. The molecule has 0 aromatic heterocycles. The van der Waals surface area contributed by atoms with Crippen molar-refractivity contribution < 1.29 is 24.2 Å². The van der Waals surface area contributed by atoms with Crippen LogP contribution < -0.4 is 14.8 Å². The van der Waals surface area contributed by atoms with Crippen molar-refractivity contribution in [3.63, 3.8) is 0 Å². The van der Waals surface area contributed by atoms with Gasteiger partial charge in [0.05, 0.1) is 12.7 Å². The fourth-order valence-corrected chi connectivity index (χ4v) is 2.22. The predicted molar refractivity (Wildman–Crippen MR) is 80.9 cm³/mol. The average Bonchev–Trinajstić information content (AvgIpc) is 2.50. The lowest BCUT2D eigenvalue weighted by Crippen LogP contribution is -2.45. The molecule has 0 spiro atoms. The van der Waals surface area contributed by atoms with Gasteiger partial charge in [-0.2, -0.15) is 0 Å². The molecule has 6 nitrogen and oxygen atoms in total. The van der Waals surface area contributed by atoms with Crippen LogP contribution in [0.15, 0.2) is 23.8 Å². The Kier molecular flexibility index (Phi) is 4.70. The lowest BCUT2D eigenvalue weighted by molar-refractivity contribution is -0.142. The van der Waals surface area contributed by atoms with E-state index in [1.165, 1.54) is 0 Å². The van der Waals surface area contributed by atoms with E-state index >= 15 is 0 Å². The van der Waals surface area contributed by atoms with Crippen molar-refractivity contribution in [1.29, 1.82) is 0 Å². The number of carboxylic acid groups (broad SMARTS) is 1. The number of carboxylic acids is 1. The second kappa shape index (κ2) is 6.51. The number of ether oxygens (including phenoxy) is 2. The SMILES string of the molecule is COc1cccc2c1OCC(C(=O)NC(C(=O)O)C(C)C)=C2. The summed E-state index contributed by atoms with van der Waals surface area (Å²) in [6.07, 6.45) is 1.69. The molecule has 0 saturated carbocycles. The number of hydrogen-bond donors (Lipinski definition) is 2. The van der Waals surface area contributed by atoms with Crippen molar-refractivity contribution in [2.24, 2.45) is 5.92 Å². The fourth-order valence-electron chi connectivity index (χ4n) is 2.22. The first-order chi connectivity index (χ1) is 10.4. The Bertz CT molecular complexity index is 621. The van der Waals surface area contributed by atoms with Gasteiger partial charge in [-0.1, -0.05) is 26.0 Å². The third-order valence-electron chi connectivity index (χ3n) is 3.44. The summed E-state index contributed by atoms with van der Waals surface area (Å²) in [6, 6.07) is 4.45. The van der Waals surface area contributed by atoms with E-state index in [9.17, 15) is 9.59 Å². The predicted octanol–water partition coefficient (Wildman–Crippen LogP) is 1.70. The van der Waals surface area contributed by atoms with Crippen molar-refractivity contribution in [2.45, 2.75) is 19.9 Å². The summed E-state index contributed by atoms with van der Waals surface area (Å²) in [5.74, 6) is -0.518. The number of aliphatic carboxylic acids is 1. The molecule has 6 heteroatoms. The molecule has 1 aromatic rings. The van der Waals surface area contributed by atoms with Gasteiger partial charge in [0, 0.05) is 5.56 Å². The van der Waals surface area contributed by atoms with E-state index in [1.807, 2.05) is 0 Å². The molecule has 1 aliphatic heterocycles. The number of benzene rings is 1. The van der Waals surface area contributed by atoms with Gasteiger partial charge in [0.1, 0.15) is 12.6 Å². The van der Waals surface area contributed by atoms with Gasteiger partial charge >= 0.3 is 5.97 Å². The van der Waals surface area contributed by atoms with Gasteiger partial charge in [-0.3, -0.25) is 4.79 Å². The van der Waals surface area contributed by atoms with E-state index in [0.29, 0.717) is 17.1 Å². The van der Waals surface area contributed by atoms with Crippen LogP contribution in [0.5, 0.6) is 11.5 Å². The first kappa shape index (κ1) is 15.9. The Morgan fingerprint density at radius 2 is 2.09 bits per heavy atom. The molecule has 1 aliphatic rings. The van der Waals surface area contributed by atoms with E-state index in [0.717, 1.165) is 5.56 Å². The van der Waals surface area contributed by atoms with E-state index in [-0.39, 0.29) is 12.5 Å². The zero-order valence-electron chi connectivity index (χ0n) is 12.8. The highest BCUT2D eigenvalue weighted by molar-refractivity contribution is 6.01. The average molecular weight is 305 g/mol. The minimum absolute atomic E-state index is 0.0731. The summed E-state index contributed by atoms with van der Waals surface area (Å²) in [5, 5.41) is 11.7. The molecule has 0 aliphatic carbocycles. The van der Waals surface area contributed by atoms with Gasteiger partial charge in [-0.05, 0) is 18.1 Å². The monoisotopic (exact) mass is 305 g/mol. The lowest BCUT2D eigenvalue weighted by atomic mass is 10.0. The maximum Gasteiger partial charge on any atom is 0.326 e. The quantitative estimate of drug-likeness (QED) is 0.865. The van der Waals surface area contributed by atoms with Crippen LogP contribution in [-0.2, 0) is 9.59 Å². The van der Waals surface area contributed by atoms with Gasteiger partial charge in [-0.25, -0.2) is 4.79 Å². The van der Waals surface area contributed by atoms with Crippen molar-refractivity contribution in [3.05, 3.63) is 29.3 Å². The molecular weight excluding hydrogens is 286 g/mol. The van der Waals surface area contributed by atoms with Crippen LogP contribution in [0.3, 0.4) is 0 Å². The van der Waals surface area contributed by atoms with Crippen molar-refractivity contribution in [1.82, 2.24) is 5.32 Å². The topological polar surface area (TPSA) is 84.9 Å². The minimum Gasteiger partial charge on any atom is -0.493 e. The Labute approximate surface area is 128 Å². The Balaban J connectivity index is 2.21. The standard InChI is InChI=1S/C16H19NO5/c1-9(2)13(16(19)20)17-15(18)11-7-10-5-4-6-12(21-3)14(10)22-8-11/h4-7,9,13H,8H2,1-3H3,(H,17,18)(H,19,20). The zero-order chi connectivity index (χ0) is 16.3. The van der Waals surface area contributed by atoms with Gasteiger partial charge in [0.2, 0.25) is 0 Å². The van der Waals surface area contributed by atoms with Crippen LogP contribution >= 0.6 is 0 Å². The number of carbonyl (C=O) groups excluding carboxylic acids is 1. The molecule has 2 rings (SSSR count). The first-order valence-corrected chi connectivity index (χ1v) is 6.98. The van der Waals surface area contributed by atoms with Crippen LogP contribution in [0.25, 0.3) is 6.08 Å². The summed E-state index contributed by atoms with van der Waals surface area (Å²) < 4.78 is 10.8. The first-order valence-electron chi connectivity index (χ1n) is 6.98. The lowest BCUT2D eigenvalue weighted by Gasteiger charge is -2.22. The van der Waals surface area contributed by atoms with Crippen LogP contribution in [0, 0.1) is 5.92 Å². The van der Waals surface area contributed by atoms with Crippen LogP contribution in [0.2, 0.25) is 0 Å². The summed E-state index contributed by atoms with van der Waals surface area (Å²) in [6.45, 7) is 3.56. The van der Waals surface area contributed by atoms with Crippen LogP contribution in [-0.4, -0.2) is 36.7 Å². The molecule has 0 saturated heterocycles. The minimum atomic E-state index is -1.05. The summed E-state index contributed by atoms with van der Waals surface area (Å²) >= 11 is 0. The molecule has 1 unspecified atom stereocenters. The molecule has 1 atom stereocenters. The number of carbonyl (C=O) groups is 2. The number of hydrogen-bond acceptors (Lipinski definition) is 4. The van der Waals surface area contributed by atoms with Crippen molar-refractivity contribution >= 4 is 18.0 Å². The third kappa shape index (κ3) is 3.21. The molecule has 118 valence electrons. The molecule has 0 bridgehead atoms. The second-order valence-electron chi connectivity index (χ2n) is 5.37. The zero-order valence-corrected chi connectivity index (χ0v) is 12.8. The summed E-state index contributed by atoms with van der Waals surface area (Å²) in [7, 11) is 1.55. The van der Waals surface area contributed by atoms with Crippen LogP contribution in [0.4, 0.5) is 0 Å². The molecular formula is C16H19NO5. The summed E-state index contributed by atoms with van der Waals surface area (Å²) in [4.78, 5) is 23.4. The second-order valence-corrected chi connectivity index (χ2v) is 5.37. The highest BCUT2D eigenvalue weighted by Gasteiger charge is 2.26. The number of methoxy groups -OCH3 is 1. The van der Waals surface area contributed by atoms with Crippen molar-refractivity contribution in [3.8, 4) is 11.5 Å². The van der Waals surface area contributed by atoms with Crippen molar-refractivity contribution in [2.75, 3.05) is 13.7 Å². The number of fused-ring (bicyclic) bond motifs is 1. The number of amides is 1. The van der Waals surface area contributed by atoms with E-state index < -0.39 is 17.9 Å². The highest BCUT2D eigenvalue weighted by Crippen LogP contribution is 2.35. The Morgan fingerprint density at radius 1 is 1.36 bits per heavy atom. The number of nitrogens with one attached hydrogen (secondary N) is 1. The fraction of sp³-hybridized carbons (Fsp3) is 0.375. The Morgan fingerprint density at radius 3 is 2.68 bits per heavy atom. The van der Waals surface area contributed by atoms with E-state index in [4.69, 9.17) is 14.6 Å². The molecule has 1 aromatic carbocycles. The summed E-state index contributed by atoms with van der Waals surface area (Å²) in [5.41, 5.74) is 1.11.